The van der Waals surface area contributed by atoms with E-state index in [4.69, 9.17) is 4.74 Å². The zero-order valence-corrected chi connectivity index (χ0v) is 27.0. The van der Waals surface area contributed by atoms with Crippen molar-refractivity contribution in [2.45, 2.75) is 71.5 Å². The van der Waals surface area contributed by atoms with E-state index in [0.29, 0.717) is 18.0 Å². The number of rotatable bonds is 8. The van der Waals surface area contributed by atoms with Gasteiger partial charge in [0, 0.05) is 86.7 Å². The van der Waals surface area contributed by atoms with Gasteiger partial charge in [0.05, 0.1) is 0 Å². The Labute approximate surface area is 264 Å². The molecule has 246 valence electrons. The van der Waals surface area contributed by atoms with E-state index in [1.54, 1.807) is 6.07 Å². The highest BCUT2D eigenvalue weighted by atomic mass is 19.4. The smallest absolute Gasteiger partial charge is 0.444 e. The van der Waals surface area contributed by atoms with Crippen LogP contribution in [0, 0.1) is 0 Å². The van der Waals surface area contributed by atoms with Gasteiger partial charge in [-0.1, -0.05) is 12.1 Å². The molecule has 8 nitrogen and oxygen atoms in total. The van der Waals surface area contributed by atoms with Crippen LogP contribution in [0.4, 0.5) is 23.7 Å². The van der Waals surface area contributed by atoms with Crippen molar-refractivity contribution in [3.05, 3.63) is 48.5 Å². The quantitative estimate of drug-likeness (QED) is 0.291. The summed E-state index contributed by atoms with van der Waals surface area (Å²) in [5.74, 6) is -0.244. The van der Waals surface area contributed by atoms with Crippen molar-refractivity contribution in [1.82, 2.24) is 19.7 Å². The maximum absolute atomic E-state index is 13.4. The molecule has 0 bridgehead atoms. The third kappa shape index (κ3) is 8.85. The van der Waals surface area contributed by atoms with Gasteiger partial charge in [0.25, 0.3) is 0 Å². The molecule has 2 saturated heterocycles. The molecule has 2 aliphatic rings. The number of ether oxygens (including phenoxy) is 2. The van der Waals surface area contributed by atoms with Crippen LogP contribution in [0.5, 0.6) is 5.75 Å². The Kier molecular flexibility index (Phi) is 9.88. The lowest BCUT2D eigenvalue weighted by Gasteiger charge is -2.41. The molecule has 45 heavy (non-hydrogen) atoms. The lowest BCUT2D eigenvalue weighted by Crippen LogP contribution is -2.53. The Morgan fingerprint density at radius 3 is 2.33 bits per heavy atom. The number of carbonyl (C=O) groups is 1. The third-order valence-electron chi connectivity index (χ3n) is 8.68. The SMILES string of the molecule is CC(C)N1CCN(CCN(C(=O)OC(C)(C)C)C2CCN(c3cccc(-c4cc5cc(OC(F)(F)F)ccc5[nH]4)c3)CC2)CC1. The molecule has 3 aromatic rings. The number of aromatic amines is 1. The van der Waals surface area contributed by atoms with Crippen LogP contribution in [0.15, 0.2) is 48.5 Å². The average molecular weight is 630 g/mol. The lowest BCUT2D eigenvalue weighted by molar-refractivity contribution is -0.274. The number of hydrogen-bond acceptors (Lipinski definition) is 6. The number of fused-ring (bicyclic) bond motifs is 1. The number of benzene rings is 2. The van der Waals surface area contributed by atoms with Gasteiger partial charge in [0.2, 0.25) is 0 Å². The van der Waals surface area contributed by atoms with E-state index in [9.17, 15) is 18.0 Å². The van der Waals surface area contributed by atoms with Crippen molar-refractivity contribution in [3.63, 3.8) is 0 Å². The van der Waals surface area contributed by atoms with Gasteiger partial charge in [-0.15, -0.1) is 13.2 Å². The standard InChI is InChI=1S/C34H46F3N5O3/c1-24(2)40-18-15-39(16-19-40)17-20-42(32(43)45-33(3,4)5)27-11-13-41(14-12-27)28-8-6-7-25(21-28)31-23-26-22-29(44-34(35,36)37)9-10-30(26)38-31/h6-10,21-24,27,38H,11-20H2,1-5H3. The summed E-state index contributed by atoms with van der Waals surface area (Å²) in [6, 6.07) is 14.9. The molecule has 3 heterocycles. The molecule has 0 atom stereocenters. The number of aromatic nitrogens is 1. The molecule has 2 fully saturated rings. The molecule has 1 amide bonds. The summed E-state index contributed by atoms with van der Waals surface area (Å²) in [5, 5.41) is 0.641. The molecule has 0 spiro atoms. The van der Waals surface area contributed by atoms with E-state index in [2.05, 4.69) is 50.4 Å². The molecule has 0 radical (unpaired) electrons. The van der Waals surface area contributed by atoms with Crippen LogP contribution in [-0.2, 0) is 4.74 Å². The molecular weight excluding hydrogens is 583 g/mol. The minimum absolute atomic E-state index is 0.0954. The number of hydrogen-bond donors (Lipinski definition) is 1. The highest BCUT2D eigenvalue weighted by Crippen LogP contribution is 2.32. The van der Waals surface area contributed by atoms with Crippen LogP contribution in [0.2, 0.25) is 0 Å². The fraction of sp³-hybridized carbons (Fsp3) is 0.559. The van der Waals surface area contributed by atoms with Gasteiger partial charge in [-0.2, -0.15) is 0 Å². The van der Waals surface area contributed by atoms with Crippen LogP contribution < -0.4 is 9.64 Å². The molecule has 1 N–H and O–H groups in total. The maximum atomic E-state index is 13.4. The van der Waals surface area contributed by atoms with Crippen molar-refractivity contribution >= 4 is 22.7 Å². The fourth-order valence-corrected chi connectivity index (χ4v) is 6.27. The van der Waals surface area contributed by atoms with Crippen molar-refractivity contribution in [3.8, 4) is 17.0 Å². The summed E-state index contributed by atoms with van der Waals surface area (Å²) in [6.07, 6.45) is -3.31. The highest BCUT2D eigenvalue weighted by Gasteiger charge is 2.33. The Balaban J connectivity index is 1.23. The van der Waals surface area contributed by atoms with Gasteiger partial charge < -0.3 is 24.3 Å². The van der Waals surface area contributed by atoms with Gasteiger partial charge in [0.15, 0.2) is 0 Å². The van der Waals surface area contributed by atoms with Crippen LogP contribution in [-0.4, -0.2) is 102 Å². The second-order valence-electron chi connectivity index (χ2n) is 13.4. The minimum Gasteiger partial charge on any atom is -0.444 e. The van der Waals surface area contributed by atoms with E-state index in [-0.39, 0.29) is 17.9 Å². The first-order valence-corrected chi connectivity index (χ1v) is 15.9. The maximum Gasteiger partial charge on any atom is 0.573 e. The minimum atomic E-state index is -4.73. The van der Waals surface area contributed by atoms with E-state index in [1.807, 2.05) is 43.9 Å². The van der Waals surface area contributed by atoms with E-state index < -0.39 is 12.0 Å². The van der Waals surface area contributed by atoms with Crippen molar-refractivity contribution in [2.75, 3.05) is 57.3 Å². The summed E-state index contributed by atoms with van der Waals surface area (Å²) in [4.78, 5) is 25.9. The zero-order chi connectivity index (χ0) is 32.4. The summed E-state index contributed by atoms with van der Waals surface area (Å²) in [5.41, 5.74) is 3.00. The Morgan fingerprint density at radius 1 is 0.978 bits per heavy atom. The summed E-state index contributed by atoms with van der Waals surface area (Å²) in [7, 11) is 0. The second kappa shape index (κ2) is 13.5. The van der Waals surface area contributed by atoms with Crippen molar-refractivity contribution in [2.24, 2.45) is 0 Å². The number of nitrogens with one attached hydrogen (secondary N) is 1. The monoisotopic (exact) mass is 629 g/mol. The first-order chi connectivity index (χ1) is 21.2. The van der Waals surface area contributed by atoms with E-state index in [1.165, 1.54) is 12.1 Å². The van der Waals surface area contributed by atoms with Crippen molar-refractivity contribution in [1.29, 1.82) is 0 Å². The van der Waals surface area contributed by atoms with Crippen molar-refractivity contribution < 1.29 is 27.4 Å². The average Bonchev–Trinajstić information content (AvgIpc) is 3.40. The first-order valence-electron chi connectivity index (χ1n) is 15.9. The van der Waals surface area contributed by atoms with Gasteiger partial charge in [-0.25, -0.2) is 4.79 Å². The molecular formula is C34H46F3N5O3. The molecule has 0 saturated carbocycles. The normalized spacial score (nSPS) is 17.7. The first kappa shape index (κ1) is 32.9. The molecule has 0 aliphatic carbocycles. The number of carbonyl (C=O) groups excluding carboxylic acids is 1. The number of H-pyrrole nitrogens is 1. The number of alkyl halides is 3. The largest absolute Gasteiger partial charge is 0.573 e. The summed E-state index contributed by atoms with van der Waals surface area (Å²) >= 11 is 0. The topological polar surface area (TPSA) is 64.3 Å². The zero-order valence-electron chi connectivity index (χ0n) is 27.0. The number of halogens is 3. The van der Waals surface area contributed by atoms with Gasteiger partial charge >= 0.3 is 12.5 Å². The summed E-state index contributed by atoms with van der Waals surface area (Å²) in [6.45, 7) is 17.4. The van der Waals surface area contributed by atoms with Crippen LogP contribution >= 0.6 is 0 Å². The Bertz CT molecular complexity index is 1430. The van der Waals surface area contributed by atoms with Gasteiger partial charge in [-0.05, 0) is 89.4 Å². The fourth-order valence-electron chi connectivity index (χ4n) is 6.27. The number of amides is 1. The highest BCUT2D eigenvalue weighted by molar-refractivity contribution is 5.87. The van der Waals surface area contributed by atoms with Crippen LogP contribution in [0.3, 0.4) is 0 Å². The molecule has 0 unspecified atom stereocenters. The number of nitrogens with zero attached hydrogens (tertiary/aromatic N) is 4. The van der Waals surface area contributed by atoms with Crippen LogP contribution in [0.25, 0.3) is 22.2 Å². The molecule has 11 heteroatoms. The second-order valence-corrected chi connectivity index (χ2v) is 13.4. The Hall–Kier alpha value is -3.44. The number of piperidine rings is 1. The van der Waals surface area contributed by atoms with Crippen LogP contribution in [0.1, 0.15) is 47.5 Å². The Morgan fingerprint density at radius 2 is 1.69 bits per heavy atom. The molecule has 2 aromatic carbocycles. The van der Waals surface area contributed by atoms with E-state index in [0.717, 1.165) is 81.1 Å². The molecule has 5 rings (SSSR count). The third-order valence-corrected chi connectivity index (χ3v) is 8.68. The van der Waals surface area contributed by atoms with Gasteiger partial charge in [-0.3, -0.25) is 9.80 Å². The molecule has 2 aliphatic heterocycles. The van der Waals surface area contributed by atoms with E-state index >= 15 is 0 Å². The number of piperazine rings is 1. The predicted octanol–water partition coefficient (Wildman–Crippen LogP) is 6.97. The number of anilines is 1. The van der Waals surface area contributed by atoms with Gasteiger partial charge in [0.1, 0.15) is 11.4 Å². The predicted molar refractivity (Wildman–Crippen MR) is 172 cm³/mol. The molecule has 1 aromatic heterocycles. The lowest BCUT2D eigenvalue weighted by atomic mass is 10.0. The summed E-state index contributed by atoms with van der Waals surface area (Å²) < 4.78 is 48.0.